The molecule has 1 aliphatic rings. The standard InChI is InChI=1S/C15H18N4O2/c1-9(2)19-8-11(6-13(19)20)15(21)17-12-5-3-4-10-7-16-18-14(10)12/h3-5,7,9,11H,6,8H2,1-2H3,(H,16,18)(H,17,21). The molecule has 2 heterocycles. The largest absolute Gasteiger partial charge is 0.339 e. The number of hydrogen-bond acceptors (Lipinski definition) is 3. The Kier molecular flexibility index (Phi) is 3.37. The van der Waals surface area contributed by atoms with Crippen LogP contribution in [0.5, 0.6) is 0 Å². The zero-order valence-corrected chi connectivity index (χ0v) is 12.1. The summed E-state index contributed by atoms with van der Waals surface area (Å²) in [5, 5.41) is 10.7. The fourth-order valence-corrected chi connectivity index (χ4v) is 2.71. The molecule has 2 N–H and O–H groups in total. The van der Waals surface area contributed by atoms with Gasteiger partial charge in [-0.2, -0.15) is 5.10 Å². The number of aromatic nitrogens is 2. The Morgan fingerprint density at radius 2 is 2.29 bits per heavy atom. The average Bonchev–Trinajstić information content (AvgIpc) is 3.05. The normalized spacial score (nSPS) is 18.7. The molecule has 21 heavy (non-hydrogen) atoms. The number of rotatable bonds is 3. The van der Waals surface area contributed by atoms with E-state index in [4.69, 9.17) is 0 Å². The number of nitrogens with zero attached hydrogens (tertiary/aromatic N) is 2. The maximum atomic E-state index is 12.4. The quantitative estimate of drug-likeness (QED) is 0.902. The second-order valence-electron chi connectivity index (χ2n) is 5.67. The van der Waals surface area contributed by atoms with Gasteiger partial charge in [-0.15, -0.1) is 0 Å². The monoisotopic (exact) mass is 286 g/mol. The van der Waals surface area contributed by atoms with Gasteiger partial charge in [0.2, 0.25) is 11.8 Å². The van der Waals surface area contributed by atoms with Crippen LogP contribution < -0.4 is 5.32 Å². The van der Waals surface area contributed by atoms with E-state index in [9.17, 15) is 9.59 Å². The Balaban J connectivity index is 1.75. The smallest absolute Gasteiger partial charge is 0.229 e. The van der Waals surface area contributed by atoms with Crippen molar-refractivity contribution in [3.05, 3.63) is 24.4 Å². The predicted molar refractivity (Wildman–Crippen MR) is 79.7 cm³/mol. The van der Waals surface area contributed by atoms with Gasteiger partial charge in [-0.25, -0.2) is 0 Å². The number of anilines is 1. The number of likely N-dealkylation sites (tertiary alicyclic amines) is 1. The summed E-state index contributed by atoms with van der Waals surface area (Å²) >= 11 is 0. The Hall–Kier alpha value is -2.37. The van der Waals surface area contributed by atoms with Gasteiger partial charge in [0.1, 0.15) is 0 Å². The Labute approximate surface area is 122 Å². The van der Waals surface area contributed by atoms with Crippen molar-refractivity contribution in [2.45, 2.75) is 26.3 Å². The number of amides is 2. The maximum Gasteiger partial charge on any atom is 0.229 e. The second kappa shape index (κ2) is 5.20. The molecule has 2 amide bonds. The number of hydrogen-bond donors (Lipinski definition) is 2. The molecule has 1 aliphatic heterocycles. The van der Waals surface area contributed by atoms with Crippen LogP contribution in [0.1, 0.15) is 20.3 Å². The molecule has 110 valence electrons. The third-order valence-corrected chi connectivity index (χ3v) is 3.89. The van der Waals surface area contributed by atoms with E-state index in [1.807, 2.05) is 32.0 Å². The van der Waals surface area contributed by atoms with Crippen LogP contribution in [0.4, 0.5) is 5.69 Å². The van der Waals surface area contributed by atoms with E-state index in [0.717, 1.165) is 10.9 Å². The second-order valence-corrected chi connectivity index (χ2v) is 5.67. The number of para-hydroxylation sites is 1. The van der Waals surface area contributed by atoms with Gasteiger partial charge in [-0.3, -0.25) is 14.7 Å². The molecule has 1 aromatic carbocycles. The van der Waals surface area contributed by atoms with Crippen LogP contribution >= 0.6 is 0 Å². The third-order valence-electron chi connectivity index (χ3n) is 3.89. The molecule has 1 aromatic heterocycles. The number of H-pyrrole nitrogens is 1. The molecule has 6 heteroatoms. The highest BCUT2D eigenvalue weighted by Gasteiger charge is 2.35. The van der Waals surface area contributed by atoms with Crippen molar-refractivity contribution < 1.29 is 9.59 Å². The molecular formula is C15H18N4O2. The third kappa shape index (κ3) is 2.49. The van der Waals surface area contributed by atoms with Crippen LogP contribution in [0.3, 0.4) is 0 Å². The van der Waals surface area contributed by atoms with Crippen molar-refractivity contribution in [3.63, 3.8) is 0 Å². The van der Waals surface area contributed by atoms with Gasteiger partial charge >= 0.3 is 0 Å². The fourth-order valence-electron chi connectivity index (χ4n) is 2.71. The molecule has 0 saturated carbocycles. The summed E-state index contributed by atoms with van der Waals surface area (Å²) in [6.45, 7) is 4.41. The summed E-state index contributed by atoms with van der Waals surface area (Å²) < 4.78 is 0. The molecule has 3 rings (SSSR count). The first-order valence-electron chi connectivity index (χ1n) is 7.08. The van der Waals surface area contributed by atoms with Crippen molar-refractivity contribution >= 4 is 28.4 Å². The van der Waals surface area contributed by atoms with Crippen LogP contribution in [0.2, 0.25) is 0 Å². The average molecular weight is 286 g/mol. The maximum absolute atomic E-state index is 12.4. The van der Waals surface area contributed by atoms with E-state index in [0.29, 0.717) is 12.2 Å². The SMILES string of the molecule is CC(C)N1CC(C(=O)Nc2cccc3cn[nH]c23)CC1=O. The van der Waals surface area contributed by atoms with E-state index in [-0.39, 0.29) is 30.2 Å². The van der Waals surface area contributed by atoms with E-state index in [1.54, 1.807) is 11.1 Å². The first-order valence-corrected chi connectivity index (χ1v) is 7.08. The highest BCUT2D eigenvalue weighted by molar-refractivity contribution is 6.02. The summed E-state index contributed by atoms with van der Waals surface area (Å²) in [7, 11) is 0. The predicted octanol–water partition coefficient (Wildman–Crippen LogP) is 1.76. The van der Waals surface area contributed by atoms with Crippen molar-refractivity contribution in [1.82, 2.24) is 15.1 Å². The molecule has 1 atom stereocenters. The number of fused-ring (bicyclic) bond motifs is 1. The zero-order valence-electron chi connectivity index (χ0n) is 12.1. The first kappa shape index (κ1) is 13.6. The van der Waals surface area contributed by atoms with Gasteiger partial charge in [0.25, 0.3) is 0 Å². The number of carbonyl (C=O) groups excluding carboxylic acids is 2. The molecule has 0 radical (unpaired) electrons. The number of benzene rings is 1. The lowest BCUT2D eigenvalue weighted by Gasteiger charge is -2.20. The molecule has 0 bridgehead atoms. The molecule has 1 fully saturated rings. The van der Waals surface area contributed by atoms with E-state index < -0.39 is 0 Å². The van der Waals surface area contributed by atoms with Gasteiger partial charge in [-0.05, 0) is 19.9 Å². The Morgan fingerprint density at radius 1 is 1.48 bits per heavy atom. The van der Waals surface area contributed by atoms with E-state index in [2.05, 4.69) is 15.5 Å². The molecule has 0 aliphatic carbocycles. The lowest BCUT2D eigenvalue weighted by Crippen LogP contribution is -2.33. The van der Waals surface area contributed by atoms with Crippen molar-refractivity contribution in [1.29, 1.82) is 0 Å². The number of carbonyl (C=O) groups is 2. The summed E-state index contributed by atoms with van der Waals surface area (Å²) in [5.74, 6) is -0.364. The summed E-state index contributed by atoms with van der Waals surface area (Å²) in [6, 6.07) is 5.75. The summed E-state index contributed by atoms with van der Waals surface area (Å²) in [6.07, 6.45) is 1.99. The number of aromatic amines is 1. The minimum Gasteiger partial charge on any atom is -0.339 e. The van der Waals surface area contributed by atoms with Crippen LogP contribution in [0, 0.1) is 5.92 Å². The van der Waals surface area contributed by atoms with Crippen LogP contribution in [0.25, 0.3) is 10.9 Å². The highest BCUT2D eigenvalue weighted by atomic mass is 16.2. The minimum absolute atomic E-state index is 0.0462. The Bertz CT molecular complexity index is 692. The van der Waals surface area contributed by atoms with Crippen molar-refractivity contribution in [2.75, 3.05) is 11.9 Å². The molecule has 1 saturated heterocycles. The Morgan fingerprint density at radius 3 is 3.00 bits per heavy atom. The minimum atomic E-state index is -0.293. The fraction of sp³-hybridized carbons (Fsp3) is 0.400. The summed E-state index contributed by atoms with van der Waals surface area (Å²) in [4.78, 5) is 26.0. The van der Waals surface area contributed by atoms with E-state index in [1.165, 1.54) is 0 Å². The lowest BCUT2D eigenvalue weighted by molar-refractivity contribution is -0.129. The van der Waals surface area contributed by atoms with Gasteiger partial charge in [-0.1, -0.05) is 12.1 Å². The van der Waals surface area contributed by atoms with Gasteiger partial charge in [0.15, 0.2) is 0 Å². The van der Waals surface area contributed by atoms with Crippen molar-refractivity contribution in [2.24, 2.45) is 5.92 Å². The lowest BCUT2D eigenvalue weighted by atomic mass is 10.1. The van der Waals surface area contributed by atoms with Gasteiger partial charge in [0, 0.05) is 24.4 Å². The number of nitrogens with one attached hydrogen (secondary N) is 2. The van der Waals surface area contributed by atoms with Gasteiger partial charge in [0.05, 0.1) is 23.3 Å². The highest BCUT2D eigenvalue weighted by Crippen LogP contribution is 2.24. The van der Waals surface area contributed by atoms with Crippen LogP contribution in [-0.4, -0.2) is 39.5 Å². The van der Waals surface area contributed by atoms with Crippen LogP contribution in [-0.2, 0) is 9.59 Å². The van der Waals surface area contributed by atoms with Crippen LogP contribution in [0.15, 0.2) is 24.4 Å². The molecular weight excluding hydrogens is 268 g/mol. The topological polar surface area (TPSA) is 78.1 Å². The van der Waals surface area contributed by atoms with Crippen molar-refractivity contribution in [3.8, 4) is 0 Å². The zero-order chi connectivity index (χ0) is 15.0. The summed E-state index contributed by atoms with van der Waals surface area (Å²) in [5.41, 5.74) is 1.50. The first-order chi connectivity index (χ1) is 10.1. The van der Waals surface area contributed by atoms with E-state index >= 15 is 0 Å². The van der Waals surface area contributed by atoms with Gasteiger partial charge < -0.3 is 10.2 Å². The molecule has 0 spiro atoms. The molecule has 1 unspecified atom stereocenters. The molecule has 6 nitrogen and oxygen atoms in total. The molecule has 2 aromatic rings.